The summed E-state index contributed by atoms with van der Waals surface area (Å²) in [4.78, 5) is 24.9. The number of carbonyl (C=O) groups excluding carboxylic acids is 1. The third-order valence-electron chi connectivity index (χ3n) is 4.63. The van der Waals surface area contributed by atoms with E-state index in [1.54, 1.807) is 40.9 Å². The van der Waals surface area contributed by atoms with Gasteiger partial charge in [0.05, 0.1) is 16.7 Å². The van der Waals surface area contributed by atoms with Gasteiger partial charge in [-0.05, 0) is 48.9 Å². The molecule has 1 amide bonds. The fraction of sp³-hybridized carbons (Fsp3) is 0.143. The lowest BCUT2D eigenvalue weighted by atomic mass is 10.2. The maximum Gasteiger partial charge on any atom is 0.275 e. The molecule has 7 heteroatoms. The van der Waals surface area contributed by atoms with E-state index in [1.807, 2.05) is 0 Å². The summed E-state index contributed by atoms with van der Waals surface area (Å²) >= 11 is 0. The molecular weight excluding hydrogens is 364 g/mol. The third kappa shape index (κ3) is 3.26. The van der Waals surface area contributed by atoms with Crippen LogP contribution in [0.1, 0.15) is 12.8 Å². The molecule has 28 heavy (non-hydrogen) atoms. The summed E-state index contributed by atoms with van der Waals surface area (Å²) in [6, 6.07) is 13.7. The largest absolute Gasteiger partial charge is 0.324 e. The Morgan fingerprint density at radius 3 is 2.61 bits per heavy atom. The van der Waals surface area contributed by atoms with Gasteiger partial charge < -0.3 is 14.3 Å². The van der Waals surface area contributed by atoms with Gasteiger partial charge in [-0.3, -0.25) is 9.59 Å². The lowest BCUT2D eigenvalue weighted by molar-refractivity contribution is -0.116. The maximum atomic E-state index is 13.8. The van der Waals surface area contributed by atoms with E-state index >= 15 is 0 Å². The Hall–Kier alpha value is -3.48. The molecule has 0 fully saturated rings. The summed E-state index contributed by atoms with van der Waals surface area (Å²) in [5.41, 5.74) is 1.51. The maximum absolute atomic E-state index is 13.8. The van der Waals surface area contributed by atoms with E-state index in [1.165, 1.54) is 28.8 Å². The number of hydrogen-bond acceptors (Lipinski definition) is 2. The molecule has 4 rings (SSSR count). The first-order valence-electron chi connectivity index (χ1n) is 8.88. The molecule has 0 spiro atoms. The Kier molecular flexibility index (Phi) is 4.65. The highest BCUT2D eigenvalue weighted by Gasteiger charge is 2.12. The van der Waals surface area contributed by atoms with Crippen LogP contribution in [0.25, 0.3) is 16.6 Å². The first kappa shape index (κ1) is 17.9. The zero-order chi connectivity index (χ0) is 19.7. The van der Waals surface area contributed by atoms with Crippen LogP contribution in [-0.2, 0) is 11.3 Å². The third-order valence-corrected chi connectivity index (χ3v) is 4.63. The van der Waals surface area contributed by atoms with Crippen molar-refractivity contribution < 1.29 is 13.6 Å². The zero-order valence-electron chi connectivity index (χ0n) is 14.9. The number of nitrogens with one attached hydrogen (secondary N) is 1. The molecule has 0 saturated heterocycles. The van der Waals surface area contributed by atoms with E-state index in [0.29, 0.717) is 23.0 Å². The number of para-hydroxylation sites is 1. The number of anilines is 1. The number of amides is 1. The summed E-state index contributed by atoms with van der Waals surface area (Å²) < 4.78 is 30.6. The van der Waals surface area contributed by atoms with Gasteiger partial charge in [-0.2, -0.15) is 0 Å². The van der Waals surface area contributed by atoms with Gasteiger partial charge in [-0.25, -0.2) is 8.78 Å². The molecule has 0 aliphatic heterocycles. The molecule has 0 aliphatic rings. The molecule has 142 valence electrons. The van der Waals surface area contributed by atoms with Crippen LogP contribution < -0.4 is 10.9 Å². The highest BCUT2D eigenvalue weighted by atomic mass is 19.1. The summed E-state index contributed by atoms with van der Waals surface area (Å²) in [7, 11) is 0. The predicted octanol–water partition coefficient (Wildman–Crippen LogP) is 3.95. The van der Waals surface area contributed by atoms with E-state index in [2.05, 4.69) is 5.32 Å². The van der Waals surface area contributed by atoms with Crippen molar-refractivity contribution in [2.45, 2.75) is 19.4 Å². The number of fused-ring (bicyclic) bond motifs is 3. The SMILES string of the molecule is O=C(CCCn1c(=O)c2cccn2c2ccc(F)cc21)Nc1ccccc1F. The quantitative estimate of drug-likeness (QED) is 0.569. The molecule has 0 aliphatic carbocycles. The van der Waals surface area contributed by atoms with Crippen LogP contribution in [0.5, 0.6) is 0 Å². The van der Waals surface area contributed by atoms with E-state index in [9.17, 15) is 18.4 Å². The topological polar surface area (TPSA) is 55.5 Å². The number of halogens is 2. The van der Waals surface area contributed by atoms with E-state index in [0.717, 1.165) is 0 Å². The fourth-order valence-electron chi connectivity index (χ4n) is 3.32. The van der Waals surface area contributed by atoms with Gasteiger partial charge >= 0.3 is 0 Å². The average Bonchev–Trinajstić information content (AvgIpc) is 3.16. The minimum Gasteiger partial charge on any atom is -0.324 e. The van der Waals surface area contributed by atoms with Gasteiger partial charge in [0.2, 0.25) is 5.91 Å². The van der Waals surface area contributed by atoms with Crippen LogP contribution in [0.15, 0.2) is 65.6 Å². The number of nitrogens with zero attached hydrogens (tertiary/aromatic N) is 2. The second-order valence-corrected chi connectivity index (χ2v) is 6.48. The molecule has 5 nitrogen and oxygen atoms in total. The summed E-state index contributed by atoms with van der Waals surface area (Å²) in [6.07, 6.45) is 2.20. The molecule has 2 heterocycles. The lowest BCUT2D eigenvalue weighted by Gasteiger charge is -2.13. The number of aromatic nitrogens is 2. The summed E-state index contributed by atoms with van der Waals surface area (Å²) in [6.45, 7) is 0.241. The fourth-order valence-corrected chi connectivity index (χ4v) is 3.32. The highest BCUT2D eigenvalue weighted by Crippen LogP contribution is 2.18. The van der Waals surface area contributed by atoms with Crippen molar-refractivity contribution in [2.24, 2.45) is 0 Å². The second-order valence-electron chi connectivity index (χ2n) is 6.48. The molecule has 0 saturated carbocycles. The van der Waals surface area contributed by atoms with Gasteiger partial charge in [-0.1, -0.05) is 12.1 Å². The van der Waals surface area contributed by atoms with Crippen LogP contribution >= 0.6 is 0 Å². The monoisotopic (exact) mass is 381 g/mol. The van der Waals surface area contributed by atoms with Crippen molar-refractivity contribution in [2.75, 3.05) is 5.32 Å². The van der Waals surface area contributed by atoms with Crippen molar-refractivity contribution in [1.82, 2.24) is 8.97 Å². The van der Waals surface area contributed by atoms with Gasteiger partial charge in [0.1, 0.15) is 17.2 Å². The molecule has 0 atom stereocenters. The first-order chi connectivity index (χ1) is 13.5. The second kappa shape index (κ2) is 7.26. The smallest absolute Gasteiger partial charge is 0.275 e. The Balaban J connectivity index is 1.57. The van der Waals surface area contributed by atoms with Crippen molar-refractivity contribution in [1.29, 1.82) is 0 Å². The Morgan fingerprint density at radius 2 is 1.79 bits per heavy atom. The van der Waals surface area contributed by atoms with Crippen molar-refractivity contribution in [3.8, 4) is 0 Å². The number of carbonyl (C=O) groups is 1. The van der Waals surface area contributed by atoms with Crippen LogP contribution in [0, 0.1) is 11.6 Å². The zero-order valence-corrected chi connectivity index (χ0v) is 14.9. The van der Waals surface area contributed by atoms with Crippen molar-refractivity contribution >= 4 is 28.1 Å². The minimum absolute atomic E-state index is 0.101. The van der Waals surface area contributed by atoms with E-state index < -0.39 is 11.6 Å². The number of rotatable bonds is 5. The van der Waals surface area contributed by atoms with Crippen LogP contribution in [0.2, 0.25) is 0 Å². The van der Waals surface area contributed by atoms with Crippen LogP contribution in [0.4, 0.5) is 14.5 Å². The van der Waals surface area contributed by atoms with Gasteiger partial charge in [0, 0.05) is 19.2 Å². The summed E-state index contributed by atoms with van der Waals surface area (Å²) in [5.74, 6) is -1.30. The number of hydrogen-bond donors (Lipinski definition) is 1. The summed E-state index contributed by atoms with van der Waals surface area (Å²) in [5, 5.41) is 2.52. The van der Waals surface area contributed by atoms with E-state index in [-0.39, 0.29) is 30.1 Å². The normalized spacial score (nSPS) is 11.2. The average molecular weight is 381 g/mol. The standard InChI is InChI=1S/C21H17F2N3O2/c22-14-9-10-17-19(13-14)26(21(28)18-7-3-11-25(17)18)12-4-8-20(27)24-16-6-2-1-5-15(16)23/h1-3,5-7,9-11,13H,4,8,12H2,(H,24,27). The first-order valence-corrected chi connectivity index (χ1v) is 8.88. The molecule has 2 aromatic carbocycles. The molecule has 0 unspecified atom stereocenters. The molecule has 1 N–H and O–H groups in total. The lowest BCUT2D eigenvalue weighted by Crippen LogP contribution is -2.23. The van der Waals surface area contributed by atoms with Crippen LogP contribution in [0.3, 0.4) is 0 Å². The van der Waals surface area contributed by atoms with E-state index in [4.69, 9.17) is 0 Å². The molecular formula is C21H17F2N3O2. The Morgan fingerprint density at radius 1 is 0.964 bits per heavy atom. The Bertz CT molecular complexity index is 1240. The number of aryl methyl sites for hydroxylation is 1. The molecule has 0 radical (unpaired) electrons. The predicted molar refractivity (Wildman–Crippen MR) is 103 cm³/mol. The van der Waals surface area contributed by atoms with Gasteiger partial charge in [0.25, 0.3) is 5.56 Å². The van der Waals surface area contributed by atoms with Crippen molar-refractivity contribution in [3.63, 3.8) is 0 Å². The number of benzene rings is 2. The van der Waals surface area contributed by atoms with Crippen LogP contribution in [-0.4, -0.2) is 14.9 Å². The Labute approximate surface area is 158 Å². The minimum atomic E-state index is -0.507. The van der Waals surface area contributed by atoms with Crippen molar-refractivity contribution in [3.05, 3.63) is 82.8 Å². The van der Waals surface area contributed by atoms with Gasteiger partial charge in [0.15, 0.2) is 0 Å². The highest BCUT2D eigenvalue weighted by molar-refractivity contribution is 5.90. The van der Waals surface area contributed by atoms with Gasteiger partial charge in [-0.15, -0.1) is 0 Å². The molecule has 4 aromatic rings. The molecule has 2 aromatic heterocycles. The molecule has 0 bridgehead atoms.